The van der Waals surface area contributed by atoms with Gasteiger partial charge in [0.2, 0.25) is 5.91 Å². The summed E-state index contributed by atoms with van der Waals surface area (Å²) in [7, 11) is 2.94. The van der Waals surface area contributed by atoms with Gasteiger partial charge in [0, 0.05) is 17.0 Å². The molecule has 0 aliphatic heterocycles. The minimum Gasteiger partial charge on any atom is -0.495 e. The van der Waals surface area contributed by atoms with Gasteiger partial charge in [-0.25, -0.2) is 4.79 Å². The number of primary amides is 1. The molecule has 1 unspecified atom stereocenters. The first kappa shape index (κ1) is 18.9. The van der Waals surface area contributed by atoms with E-state index in [9.17, 15) is 9.59 Å². The molecule has 1 aromatic heterocycles. The molecule has 0 radical (unpaired) electrons. The van der Waals surface area contributed by atoms with E-state index < -0.39 is 12.1 Å². The molecule has 134 valence electrons. The number of halogens is 1. The second kappa shape index (κ2) is 8.59. The number of amides is 3. The number of ether oxygens (including phenoxy) is 2. The third-order valence-corrected chi connectivity index (χ3v) is 4.62. The van der Waals surface area contributed by atoms with Crippen molar-refractivity contribution in [1.29, 1.82) is 0 Å². The van der Waals surface area contributed by atoms with Crippen molar-refractivity contribution in [2.45, 2.75) is 12.5 Å². The Bertz CT molecular complexity index is 752. The Balaban J connectivity index is 2.16. The zero-order valence-corrected chi connectivity index (χ0v) is 15.2. The summed E-state index contributed by atoms with van der Waals surface area (Å²) in [5, 5.41) is 7.53. The van der Waals surface area contributed by atoms with Gasteiger partial charge in [0.15, 0.2) is 0 Å². The summed E-state index contributed by atoms with van der Waals surface area (Å²) >= 11 is 7.47. The summed E-state index contributed by atoms with van der Waals surface area (Å²) in [6.45, 7) is 0. The number of carbonyl (C=O) groups excluding carboxylic acids is 2. The number of hydrogen-bond acceptors (Lipinski definition) is 5. The SMILES string of the molecule is COc1cc(NC(=O)CC(NC(N)=O)c2cccs2)c(OC)cc1Cl. The smallest absolute Gasteiger partial charge is 0.312 e. The third kappa shape index (κ3) is 5.01. The van der Waals surface area contributed by atoms with E-state index in [1.54, 1.807) is 12.1 Å². The Kier molecular flexibility index (Phi) is 6.49. The van der Waals surface area contributed by atoms with Crippen LogP contribution in [0.15, 0.2) is 29.6 Å². The highest BCUT2D eigenvalue weighted by molar-refractivity contribution is 7.10. The minimum absolute atomic E-state index is 0.0115. The molecule has 1 heterocycles. The average molecular weight is 384 g/mol. The molecule has 9 heteroatoms. The predicted octanol–water partition coefficient (Wildman–Crippen LogP) is 3.16. The second-order valence-electron chi connectivity index (χ2n) is 5.02. The van der Waals surface area contributed by atoms with Crippen molar-refractivity contribution >= 4 is 40.6 Å². The first-order chi connectivity index (χ1) is 11.9. The van der Waals surface area contributed by atoms with Crippen LogP contribution in [0, 0.1) is 0 Å². The van der Waals surface area contributed by atoms with Gasteiger partial charge in [0.05, 0.1) is 37.4 Å². The summed E-state index contributed by atoms with van der Waals surface area (Å²) in [4.78, 5) is 24.5. The molecule has 1 atom stereocenters. The van der Waals surface area contributed by atoms with Crippen molar-refractivity contribution in [3.63, 3.8) is 0 Å². The lowest BCUT2D eigenvalue weighted by Gasteiger charge is -2.17. The van der Waals surface area contributed by atoms with Crippen molar-refractivity contribution in [1.82, 2.24) is 5.32 Å². The van der Waals surface area contributed by atoms with Crippen LogP contribution >= 0.6 is 22.9 Å². The van der Waals surface area contributed by atoms with Gasteiger partial charge in [-0.15, -0.1) is 11.3 Å². The number of nitrogens with one attached hydrogen (secondary N) is 2. The molecule has 3 amide bonds. The van der Waals surface area contributed by atoms with Crippen molar-refractivity contribution in [3.8, 4) is 11.5 Å². The number of nitrogens with two attached hydrogens (primary N) is 1. The van der Waals surface area contributed by atoms with Crippen LogP contribution in [0.4, 0.5) is 10.5 Å². The highest BCUT2D eigenvalue weighted by atomic mass is 35.5. The molecule has 0 aliphatic rings. The average Bonchev–Trinajstić information content (AvgIpc) is 3.09. The lowest BCUT2D eigenvalue weighted by Crippen LogP contribution is -2.34. The summed E-state index contributed by atoms with van der Waals surface area (Å²) in [5.41, 5.74) is 5.61. The summed E-state index contributed by atoms with van der Waals surface area (Å²) in [6.07, 6.45) is 0.0115. The maximum Gasteiger partial charge on any atom is 0.312 e. The zero-order chi connectivity index (χ0) is 18.4. The van der Waals surface area contributed by atoms with Crippen molar-refractivity contribution in [2.75, 3.05) is 19.5 Å². The van der Waals surface area contributed by atoms with Crippen LogP contribution in [-0.2, 0) is 4.79 Å². The van der Waals surface area contributed by atoms with Gasteiger partial charge in [-0.3, -0.25) is 4.79 Å². The zero-order valence-electron chi connectivity index (χ0n) is 13.7. The molecule has 0 spiro atoms. The van der Waals surface area contributed by atoms with E-state index in [-0.39, 0.29) is 12.3 Å². The van der Waals surface area contributed by atoms with Crippen LogP contribution in [0.25, 0.3) is 0 Å². The molecule has 4 N–H and O–H groups in total. The van der Waals surface area contributed by atoms with Gasteiger partial charge in [0.25, 0.3) is 0 Å². The van der Waals surface area contributed by atoms with E-state index in [1.165, 1.54) is 25.6 Å². The van der Waals surface area contributed by atoms with Gasteiger partial charge in [0.1, 0.15) is 11.5 Å². The number of rotatable bonds is 7. The maximum absolute atomic E-state index is 12.4. The van der Waals surface area contributed by atoms with Gasteiger partial charge < -0.3 is 25.8 Å². The van der Waals surface area contributed by atoms with Crippen LogP contribution in [0.1, 0.15) is 17.3 Å². The van der Waals surface area contributed by atoms with E-state index >= 15 is 0 Å². The Hall–Kier alpha value is -2.45. The summed E-state index contributed by atoms with van der Waals surface area (Å²) in [5.74, 6) is 0.479. The summed E-state index contributed by atoms with van der Waals surface area (Å²) in [6, 6.07) is 5.56. The monoisotopic (exact) mass is 383 g/mol. The highest BCUT2D eigenvalue weighted by Crippen LogP contribution is 2.36. The van der Waals surface area contributed by atoms with Crippen molar-refractivity contribution < 1.29 is 19.1 Å². The number of hydrogen-bond donors (Lipinski definition) is 3. The standard InChI is InChI=1S/C16H18ClN3O4S/c1-23-12-7-10(13(24-2)6-9(12)17)19-15(21)8-11(20-16(18)22)14-4-3-5-25-14/h3-7,11H,8H2,1-2H3,(H,19,21)(H3,18,20,22). The van der Waals surface area contributed by atoms with E-state index in [0.717, 1.165) is 4.88 Å². The number of anilines is 1. The normalized spacial score (nSPS) is 11.5. The fourth-order valence-electron chi connectivity index (χ4n) is 2.23. The Morgan fingerprint density at radius 2 is 2.00 bits per heavy atom. The number of carbonyl (C=O) groups is 2. The van der Waals surface area contributed by atoms with E-state index in [4.69, 9.17) is 26.8 Å². The molecule has 0 saturated carbocycles. The predicted molar refractivity (Wildman–Crippen MR) is 97.6 cm³/mol. The minimum atomic E-state index is -0.697. The van der Waals surface area contributed by atoms with Crippen LogP contribution in [0.3, 0.4) is 0 Å². The molecule has 0 saturated heterocycles. The first-order valence-corrected chi connectivity index (χ1v) is 8.51. The van der Waals surface area contributed by atoms with Crippen molar-refractivity contribution in [3.05, 3.63) is 39.5 Å². The van der Waals surface area contributed by atoms with E-state index in [1.807, 2.05) is 17.5 Å². The quantitative estimate of drug-likeness (QED) is 0.683. The van der Waals surface area contributed by atoms with Crippen LogP contribution in [0.2, 0.25) is 5.02 Å². The Morgan fingerprint density at radius 3 is 2.56 bits per heavy atom. The molecular weight excluding hydrogens is 366 g/mol. The van der Waals surface area contributed by atoms with Gasteiger partial charge >= 0.3 is 6.03 Å². The number of methoxy groups -OCH3 is 2. The third-order valence-electron chi connectivity index (χ3n) is 3.34. The first-order valence-electron chi connectivity index (χ1n) is 7.25. The van der Waals surface area contributed by atoms with Crippen LogP contribution in [-0.4, -0.2) is 26.2 Å². The second-order valence-corrected chi connectivity index (χ2v) is 6.40. The fourth-order valence-corrected chi connectivity index (χ4v) is 3.24. The molecule has 0 bridgehead atoms. The lowest BCUT2D eigenvalue weighted by atomic mass is 10.1. The Morgan fingerprint density at radius 1 is 1.28 bits per heavy atom. The molecule has 1 aromatic carbocycles. The maximum atomic E-state index is 12.4. The van der Waals surface area contributed by atoms with E-state index in [0.29, 0.717) is 22.2 Å². The number of benzene rings is 1. The molecule has 0 fully saturated rings. The summed E-state index contributed by atoms with van der Waals surface area (Å²) < 4.78 is 10.4. The van der Waals surface area contributed by atoms with Crippen LogP contribution in [0.5, 0.6) is 11.5 Å². The molecule has 2 rings (SSSR count). The Labute approximate surface area is 154 Å². The van der Waals surface area contributed by atoms with E-state index in [2.05, 4.69) is 10.6 Å². The van der Waals surface area contributed by atoms with Gasteiger partial charge in [-0.1, -0.05) is 17.7 Å². The van der Waals surface area contributed by atoms with Gasteiger partial charge in [-0.2, -0.15) is 0 Å². The topological polar surface area (TPSA) is 103 Å². The van der Waals surface area contributed by atoms with Crippen molar-refractivity contribution in [2.24, 2.45) is 5.73 Å². The largest absolute Gasteiger partial charge is 0.495 e. The fraction of sp³-hybridized carbons (Fsp3) is 0.250. The number of thiophene rings is 1. The lowest BCUT2D eigenvalue weighted by molar-refractivity contribution is -0.116. The van der Waals surface area contributed by atoms with Crippen LogP contribution < -0.4 is 25.8 Å². The molecule has 25 heavy (non-hydrogen) atoms. The molecule has 2 aromatic rings. The molecule has 7 nitrogen and oxygen atoms in total. The van der Waals surface area contributed by atoms with Gasteiger partial charge in [-0.05, 0) is 11.4 Å². The number of urea groups is 1. The molecular formula is C16H18ClN3O4S. The molecule has 0 aliphatic carbocycles. The highest BCUT2D eigenvalue weighted by Gasteiger charge is 2.20.